The number of imidazole rings is 1. The number of nitrogens with zero attached hydrogens (tertiary/aromatic N) is 1. The molecule has 0 aliphatic carbocycles. The summed E-state index contributed by atoms with van der Waals surface area (Å²) in [5, 5.41) is 3.25. The van der Waals surface area contributed by atoms with Gasteiger partial charge in [-0.3, -0.25) is 0 Å². The van der Waals surface area contributed by atoms with Gasteiger partial charge in [-0.1, -0.05) is 6.92 Å². The summed E-state index contributed by atoms with van der Waals surface area (Å²) >= 11 is 0. The molecule has 1 heterocycles. The Bertz CT molecular complexity index is 507. The van der Waals surface area contributed by atoms with E-state index in [9.17, 15) is 8.78 Å². The van der Waals surface area contributed by atoms with E-state index in [4.69, 9.17) is 0 Å². The largest absolute Gasteiger partial charge is 0.340 e. The summed E-state index contributed by atoms with van der Waals surface area (Å²) in [5.41, 5.74) is 0.579. The first-order valence-corrected chi connectivity index (χ1v) is 5.54. The molecule has 2 N–H and O–H groups in total. The standard InChI is InChI=1S/C12H15F2N3/c1-4-15-12(2,3)11-16-9-5-7(13)8(14)6-10(9)17-11/h5-6,15H,4H2,1-3H3,(H,16,17). The Morgan fingerprint density at radius 1 is 1.29 bits per heavy atom. The summed E-state index contributed by atoms with van der Waals surface area (Å²) in [7, 11) is 0. The van der Waals surface area contributed by atoms with E-state index in [1.165, 1.54) is 0 Å². The molecule has 0 bridgehead atoms. The molecule has 5 heteroatoms. The van der Waals surface area contributed by atoms with E-state index >= 15 is 0 Å². The van der Waals surface area contributed by atoms with Crippen LogP contribution in [0.3, 0.4) is 0 Å². The van der Waals surface area contributed by atoms with E-state index in [2.05, 4.69) is 15.3 Å². The second-order valence-electron chi connectivity index (χ2n) is 4.52. The van der Waals surface area contributed by atoms with Crippen molar-refractivity contribution in [1.29, 1.82) is 0 Å². The molecule has 0 saturated carbocycles. The van der Waals surface area contributed by atoms with Crippen LogP contribution in [0.15, 0.2) is 12.1 Å². The first kappa shape index (κ1) is 12.0. The van der Waals surface area contributed by atoms with Gasteiger partial charge in [-0.25, -0.2) is 13.8 Å². The normalized spacial score (nSPS) is 12.3. The molecular weight excluding hydrogens is 224 g/mol. The number of hydrogen-bond donors (Lipinski definition) is 2. The van der Waals surface area contributed by atoms with Crippen LogP contribution in [0.5, 0.6) is 0 Å². The molecule has 0 amide bonds. The van der Waals surface area contributed by atoms with E-state index in [-0.39, 0.29) is 5.54 Å². The molecule has 2 rings (SSSR count). The molecule has 92 valence electrons. The summed E-state index contributed by atoms with van der Waals surface area (Å²) in [5.74, 6) is -1.08. The maximum atomic E-state index is 13.1. The fourth-order valence-corrected chi connectivity index (χ4v) is 1.83. The smallest absolute Gasteiger partial charge is 0.161 e. The molecule has 0 radical (unpaired) electrons. The second-order valence-corrected chi connectivity index (χ2v) is 4.52. The summed E-state index contributed by atoms with van der Waals surface area (Å²) in [6.45, 7) is 6.69. The zero-order chi connectivity index (χ0) is 12.6. The molecule has 1 aromatic carbocycles. The minimum atomic E-state index is -0.878. The van der Waals surface area contributed by atoms with E-state index in [0.717, 1.165) is 18.7 Å². The topological polar surface area (TPSA) is 40.7 Å². The lowest BCUT2D eigenvalue weighted by molar-refractivity contribution is 0.395. The van der Waals surface area contributed by atoms with Gasteiger partial charge in [0.05, 0.1) is 16.6 Å². The van der Waals surface area contributed by atoms with Crippen molar-refractivity contribution in [2.24, 2.45) is 0 Å². The Morgan fingerprint density at radius 3 is 2.59 bits per heavy atom. The quantitative estimate of drug-likeness (QED) is 0.864. The Labute approximate surface area is 98.2 Å². The van der Waals surface area contributed by atoms with Crippen LogP contribution >= 0.6 is 0 Å². The molecule has 0 unspecified atom stereocenters. The van der Waals surface area contributed by atoms with E-state index in [0.29, 0.717) is 16.9 Å². The van der Waals surface area contributed by atoms with Gasteiger partial charge in [0, 0.05) is 12.1 Å². The number of hydrogen-bond acceptors (Lipinski definition) is 2. The Morgan fingerprint density at radius 2 is 1.94 bits per heavy atom. The van der Waals surface area contributed by atoms with Gasteiger partial charge >= 0.3 is 0 Å². The van der Waals surface area contributed by atoms with Gasteiger partial charge in [-0.05, 0) is 20.4 Å². The van der Waals surface area contributed by atoms with Crippen molar-refractivity contribution >= 4 is 11.0 Å². The van der Waals surface area contributed by atoms with Crippen LogP contribution in [0.2, 0.25) is 0 Å². The fourth-order valence-electron chi connectivity index (χ4n) is 1.83. The number of fused-ring (bicyclic) bond motifs is 1. The van der Waals surface area contributed by atoms with Crippen molar-refractivity contribution in [3.8, 4) is 0 Å². The second kappa shape index (κ2) is 4.07. The number of benzene rings is 1. The monoisotopic (exact) mass is 239 g/mol. The third kappa shape index (κ3) is 2.15. The van der Waals surface area contributed by atoms with Crippen molar-refractivity contribution in [3.05, 3.63) is 29.6 Å². The SMILES string of the molecule is CCNC(C)(C)c1nc2cc(F)c(F)cc2[nH]1. The van der Waals surface area contributed by atoms with E-state index in [1.54, 1.807) is 0 Å². The third-order valence-electron chi connectivity index (χ3n) is 2.73. The molecule has 0 aliphatic rings. The highest BCUT2D eigenvalue weighted by Crippen LogP contribution is 2.22. The number of aromatic nitrogens is 2. The van der Waals surface area contributed by atoms with Crippen molar-refractivity contribution in [3.63, 3.8) is 0 Å². The van der Waals surface area contributed by atoms with Crippen molar-refractivity contribution in [2.45, 2.75) is 26.3 Å². The third-order valence-corrected chi connectivity index (χ3v) is 2.73. The van der Waals surface area contributed by atoms with Crippen LogP contribution in [0, 0.1) is 11.6 Å². The van der Waals surface area contributed by atoms with E-state index < -0.39 is 11.6 Å². The maximum Gasteiger partial charge on any atom is 0.161 e. The van der Waals surface area contributed by atoms with Gasteiger partial charge < -0.3 is 10.3 Å². The van der Waals surface area contributed by atoms with Crippen LogP contribution in [-0.2, 0) is 5.54 Å². The molecule has 3 nitrogen and oxygen atoms in total. The molecule has 0 saturated heterocycles. The Kier molecular flexibility index (Phi) is 2.87. The number of halogens is 2. The average molecular weight is 239 g/mol. The minimum absolute atomic E-state index is 0.360. The van der Waals surface area contributed by atoms with Crippen LogP contribution in [-0.4, -0.2) is 16.5 Å². The highest BCUT2D eigenvalue weighted by atomic mass is 19.2. The maximum absolute atomic E-state index is 13.1. The molecule has 0 spiro atoms. The molecule has 2 aromatic rings. The predicted molar refractivity (Wildman–Crippen MR) is 62.7 cm³/mol. The number of rotatable bonds is 3. The molecule has 0 atom stereocenters. The fraction of sp³-hybridized carbons (Fsp3) is 0.417. The number of aromatic amines is 1. The number of nitrogens with one attached hydrogen (secondary N) is 2. The van der Waals surface area contributed by atoms with Gasteiger partial charge in [0.1, 0.15) is 5.82 Å². The zero-order valence-electron chi connectivity index (χ0n) is 10.1. The lowest BCUT2D eigenvalue weighted by Gasteiger charge is -2.22. The lowest BCUT2D eigenvalue weighted by Crippen LogP contribution is -2.37. The van der Waals surface area contributed by atoms with Crippen LogP contribution in [0.25, 0.3) is 11.0 Å². The minimum Gasteiger partial charge on any atom is -0.340 e. The van der Waals surface area contributed by atoms with Crippen molar-refractivity contribution in [1.82, 2.24) is 15.3 Å². The molecule has 17 heavy (non-hydrogen) atoms. The zero-order valence-corrected chi connectivity index (χ0v) is 10.1. The highest BCUT2D eigenvalue weighted by molar-refractivity contribution is 5.75. The lowest BCUT2D eigenvalue weighted by atomic mass is 10.1. The van der Waals surface area contributed by atoms with E-state index in [1.807, 2.05) is 20.8 Å². The predicted octanol–water partition coefficient (Wildman–Crippen LogP) is 2.69. The molecule has 1 aromatic heterocycles. The molecule has 0 aliphatic heterocycles. The van der Waals surface area contributed by atoms with Crippen LogP contribution in [0.4, 0.5) is 8.78 Å². The number of H-pyrrole nitrogens is 1. The first-order valence-electron chi connectivity index (χ1n) is 5.54. The van der Waals surface area contributed by atoms with Gasteiger partial charge in [0.2, 0.25) is 0 Å². The molecule has 0 fully saturated rings. The van der Waals surface area contributed by atoms with Crippen molar-refractivity contribution in [2.75, 3.05) is 6.54 Å². The average Bonchev–Trinajstić information content (AvgIpc) is 2.62. The first-order chi connectivity index (χ1) is 7.94. The highest BCUT2D eigenvalue weighted by Gasteiger charge is 2.23. The van der Waals surface area contributed by atoms with Crippen LogP contribution in [0.1, 0.15) is 26.6 Å². The molecular formula is C12H15F2N3. The van der Waals surface area contributed by atoms with Gasteiger partial charge in [-0.15, -0.1) is 0 Å². The summed E-state index contributed by atoms with van der Waals surface area (Å²) in [6, 6.07) is 2.23. The summed E-state index contributed by atoms with van der Waals surface area (Å²) < 4.78 is 26.1. The van der Waals surface area contributed by atoms with Crippen molar-refractivity contribution < 1.29 is 8.78 Å². The van der Waals surface area contributed by atoms with Gasteiger partial charge in [0.25, 0.3) is 0 Å². The Hall–Kier alpha value is -1.49. The Balaban J connectivity index is 2.51. The van der Waals surface area contributed by atoms with Gasteiger partial charge in [0.15, 0.2) is 11.6 Å². The van der Waals surface area contributed by atoms with Crippen LogP contribution < -0.4 is 5.32 Å². The summed E-state index contributed by atoms with van der Waals surface area (Å²) in [4.78, 5) is 7.29. The van der Waals surface area contributed by atoms with Gasteiger partial charge in [-0.2, -0.15) is 0 Å². The summed E-state index contributed by atoms with van der Waals surface area (Å²) in [6.07, 6.45) is 0.